The first-order valence-electron chi connectivity index (χ1n) is 11.5. The molecule has 6 heteroatoms. The molecule has 3 heterocycles. The van der Waals surface area contributed by atoms with E-state index in [2.05, 4.69) is 29.4 Å². The lowest BCUT2D eigenvalue weighted by atomic mass is 9.92. The second-order valence-corrected chi connectivity index (χ2v) is 9.10. The number of hydrogen-bond acceptors (Lipinski definition) is 4. The average Bonchev–Trinajstić information content (AvgIpc) is 3.60. The van der Waals surface area contributed by atoms with Gasteiger partial charge in [0, 0.05) is 43.4 Å². The van der Waals surface area contributed by atoms with Gasteiger partial charge in [0.05, 0.1) is 12.8 Å². The maximum atomic E-state index is 13.3. The molecule has 6 nitrogen and oxygen atoms in total. The fraction of sp³-hybridized carbons (Fsp3) is 0.423. The number of likely N-dealkylation sites (tertiary alicyclic amines) is 1. The molecule has 166 valence electrons. The van der Waals surface area contributed by atoms with Crippen LogP contribution < -0.4 is 4.74 Å². The number of piperidine rings is 1. The monoisotopic (exact) mass is 430 g/mol. The molecule has 1 aliphatic heterocycles. The maximum Gasteiger partial charge on any atom is 0.272 e. The van der Waals surface area contributed by atoms with Gasteiger partial charge >= 0.3 is 0 Å². The fourth-order valence-corrected chi connectivity index (χ4v) is 4.71. The molecule has 3 aromatic rings. The van der Waals surface area contributed by atoms with Crippen molar-refractivity contribution in [3.63, 3.8) is 0 Å². The summed E-state index contributed by atoms with van der Waals surface area (Å²) in [5.74, 6) is 1.70. The van der Waals surface area contributed by atoms with E-state index < -0.39 is 0 Å². The Labute approximate surface area is 189 Å². The SMILES string of the molecule is COc1cccc(-c2cc(C)nc([C@@H]3CCCN(C(=O)c4cc(C5CC5)nn4C)C3)c2)c1. The first kappa shape index (κ1) is 20.7. The largest absolute Gasteiger partial charge is 0.497 e. The summed E-state index contributed by atoms with van der Waals surface area (Å²) in [6.07, 6.45) is 4.39. The summed E-state index contributed by atoms with van der Waals surface area (Å²) in [6.45, 7) is 3.51. The van der Waals surface area contributed by atoms with Crippen molar-refractivity contribution in [1.29, 1.82) is 0 Å². The lowest BCUT2D eigenvalue weighted by Gasteiger charge is -2.32. The third-order valence-corrected chi connectivity index (χ3v) is 6.62. The molecule has 2 aliphatic rings. The van der Waals surface area contributed by atoms with Crippen LogP contribution in [0.2, 0.25) is 0 Å². The van der Waals surface area contributed by atoms with Gasteiger partial charge in [-0.25, -0.2) is 0 Å². The lowest BCUT2D eigenvalue weighted by Crippen LogP contribution is -2.40. The van der Waals surface area contributed by atoms with E-state index in [0.717, 1.165) is 53.3 Å². The van der Waals surface area contributed by atoms with E-state index in [0.29, 0.717) is 18.2 Å². The molecule has 32 heavy (non-hydrogen) atoms. The molecule has 1 aromatic carbocycles. The molecule has 0 spiro atoms. The molecule has 0 N–H and O–H groups in total. The molecular formula is C26H30N4O2. The minimum Gasteiger partial charge on any atom is -0.497 e. The smallest absolute Gasteiger partial charge is 0.272 e. The van der Waals surface area contributed by atoms with Crippen molar-refractivity contribution in [3.05, 3.63) is 65.2 Å². The van der Waals surface area contributed by atoms with E-state index in [4.69, 9.17) is 9.72 Å². The number of carbonyl (C=O) groups is 1. The van der Waals surface area contributed by atoms with Crippen LogP contribution in [0.3, 0.4) is 0 Å². The van der Waals surface area contributed by atoms with Gasteiger partial charge in [0.2, 0.25) is 0 Å². The van der Waals surface area contributed by atoms with E-state index >= 15 is 0 Å². The van der Waals surface area contributed by atoms with Crippen molar-refractivity contribution in [2.75, 3.05) is 20.2 Å². The van der Waals surface area contributed by atoms with Gasteiger partial charge < -0.3 is 9.64 Å². The third kappa shape index (κ3) is 4.14. The quantitative estimate of drug-likeness (QED) is 0.589. The van der Waals surface area contributed by atoms with Gasteiger partial charge in [0.1, 0.15) is 11.4 Å². The first-order chi connectivity index (χ1) is 15.5. The van der Waals surface area contributed by atoms with E-state index in [1.165, 1.54) is 12.8 Å². The van der Waals surface area contributed by atoms with Crippen molar-refractivity contribution in [1.82, 2.24) is 19.7 Å². The van der Waals surface area contributed by atoms with E-state index in [1.54, 1.807) is 11.8 Å². The molecule has 1 saturated heterocycles. The van der Waals surface area contributed by atoms with Crippen molar-refractivity contribution in [2.45, 2.75) is 44.4 Å². The van der Waals surface area contributed by atoms with Gasteiger partial charge in [-0.1, -0.05) is 12.1 Å². The second kappa shape index (κ2) is 8.41. The predicted octanol–water partition coefficient (Wildman–Crippen LogP) is 4.70. The Morgan fingerprint density at radius 2 is 1.88 bits per heavy atom. The molecule has 1 amide bonds. The van der Waals surface area contributed by atoms with Gasteiger partial charge in [0.15, 0.2) is 0 Å². The summed E-state index contributed by atoms with van der Waals surface area (Å²) in [6, 6.07) is 14.4. The standard InChI is InChI=1S/C26H30N4O2/c1-17-12-21(19-6-4-8-22(13-19)32-3)14-23(27-17)20-7-5-11-30(16-20)26(31)25-15-24(18-9-10-18)28-29(25)2/h4,6,8,12-15,18,20H,5,7,9-11,16H2,1-3H3/t20-/m1/s1. The summed E-state index contributed by atoms with van der Waals surface area (Å²) in [5.41, 5.74) is 6.06. The number of aryl methyl sites for hydroxylation is 2. The molecule has 0 radical (unpaired) electrons. The number of carbonyl (C=O) groups excluding carboxylic acids is 1. The molecule has 0 bridgehead atoms. The van der Waals surface area contributed by atoms with Crippen molar-refractivity contribution >= 4 is 5.91 Å². The number of pyridine rings is 1. The highest BCUT2D eigenvalue weighted by molar-refractivity contribution is 5.93. The Hall–Kier alpha value is -3.15. The predicted molar refractivity (Wildman–Crippen MR) is 124 cm³/mol. The maximum absolute atomic E-state index is 13.3. The van der Waals surface area contributed by atoms with Gasteiger partial charge in [-0.2, -0.15) is 5.10 Å². The number of benzene rings is 1. The second-order valence-electron chi connectivity index (χ2n) is 9.10. The Morgan fingerprint density at radius 3 is 2.66 bits per heavy atom. The molecule has 1 saturated carbocycles. The Morgan fingerprint density at radius 1 is 1.03 bits per heavy atom. The fourth-order valence-electron chi connectivity index (χ4n) is 4.71. The van der Waals surface area contributed by atoms with Gasteiger partial charge in [-0.3, -0.25) is 14.5 Å². The minimum absolute atomic E-state index is 0.0808. The highest BCUT2D eigenvalue weighted by atomic mass is 16.5. The molecule has 1 aliphatic carbocycles. The van der Waals surface area contributed by atoms with Crippen LogP contribution in [-0.2, 0) is 7.05 Å². The summed E-state index contributed by atoms with van der Waals surface area (Å²) in [4.78, 5) is 20.2. The van der Waals surface area contributed by atoms with Crippen LogP contribution in [0.4, 0.5) is 0 Å². The number of hydrogen-bond donors (Lipinski definition) is 0. The van der Waals surface area contributed by atoms with Crippen molar-refractivity contribution < 1.29 is 9.53 Å². The number of rotatable bonds is 5. The number of ether oxygens (including phenoxy) is 1. The van der Waals surface area contributed by atoms with Crippen LogP contribution >= 0.6 is 0 Å². The molecular weight excluding hydrogens is 400 g/mol. The van der Waals surface area contributed by atoms with E-state index in [-0.39, 0.29) is 11.8 Å². The topological polar surface area (TPSA) is 60.2 Å². The average molecular weight is 431 g/mol. The van der Waals surface area contributed by atoms with E-state index in [1.807, 2.05) is 37.1 Å². The number of nitrogens with zero attached hydrogens (tertiary/aromatic N) is 4. The molecule has 2 aromatic heterocycles. The highest BCUT2D eigenvalue weighted by Gasteiger charge is 2.31. The number of aromatic nitrogens is 3. The molecule has 2 fully saturated rings. The van der Waals surface area contributed by atoms with Crippen LogP contribution in [0.25, 0.3) is 11.1 Å². The van der Waals surface area contributed by atoms with Crippen LogP contribution in [0.5, 0.6) is 5.75 Å². The highest BCUT2D eigenvalue weighted by Crippen LogP contribution is 2.39. The Kier molecular flexibility index (Phi) is 5.45. The van der Waals surface area contributed by atoms with Crippen LogP contribution in [-0.4, -0.2) is 45.8 Å². The van der Waals surface area contributed by atoms with Gasteiger partial charge in [-0.15, -0.1) is 0 Å². The lowest BCUT2D eigenvalue weighted by molar-refractivity contribution is 0.0694. The Balaban J connectivity index is 1.38. The summed E-state index contributed by atoms with van der Waals surface area (Å²) < 4.78 is 7.15. The zero-order valence-electron chi connectivity index (χ0n) is 19.0. The Bertz CT molecular complexity index is 1150. The zero-order valence-corrected chi connectivity index (χ0v) is 19.0. The van der Waals surface area contributed by atoms with Crippen molar-refractivity contribution in [2.24, 2.45) is 7.05 Å². The number of methoxy groups -OCH3 is 1. The van der Waals surface area contributed by atoms with E-state index in [9.17, 15) is 4.79 Å². The summed E-state index contributed by atoms with van der Waals surface area (Å²) in [5, 5.41) is 4.58. The zero-order chi connectivity index (χ0) is 22.2. The minimum atomic E-state index is 0.0808. The first-order valence-corrected chi connectivity index (χ1v) is 11.5. The number of amides is 1. The van der Waals surface area contributed by atoms with Gasteiger partial charge in [0.25, 0.3) is 5.91 Å². The third-order valence-electron chi connectivity index (χ3n) is 6.62. The van der Waals surface area contributed by atoms with Crippen LogP contribution in [0.1, 0.15) is 65.1 Å². The molecule has 1 atom stereocenters. The summed E-state index contributed by atoms with van der Waals surface area (Å²) >= 11 is 0. The summed E-state index contributed by atoms with van der Waals surface area (Å²) in [7, 11) is 3.56. The van der Waals surface area contributed by atoms with Crippen molar-refractivity contribution in [3.8, 4) is 16.9 Å². The van der Waals surface area contributed by atoms with Crippen LogP contribution in [0.15, 0.2) is 42.5 Å². The molecule has 0 unspecified atom stereocenters. The normalized spacial score (nSPS) is 18.6. The molecule has 5 rings (SSSR count). The van der Waals surface area contributed by atoms with Crippen LogP contribution in [0, 0.1) is 6.92 Å². The van der Waals surface area contributed by atoms with Gasteiger partial charge in [-0.05, 0) is 74.1 Å².